The van der Waals surface area contributed by atoms with E-state index in [1.165, 1.54) is 10.7 Å². The van der Waals surface area contributed by atoms with Crippen LogP contribution in [0.25, 0.3) is 11.4 Å². The summed E-state index contributed by atoms with van der Waals surface area (Å²) in [6.07, 6.45) is -0.228. The van der Waals surface area contributed by atoms with Gasteiger partial charge in [-0.3, -0.25) is 14.9 Å². The van der Waals surface area contributed by atoms with Crippen LogP contribution in [-0.2, 0) is 9.59 Å². The van der Waals surface area contributed by atoms with Crippen LogP contribution in [-0.4, -0.2) is 26.6 Å². The highest BCUT2D eigenvalue weighted by Gasteiger charge is 2.35. The van der Waals surface area contributed by atoms with Crippen LogP contribution in [0.3, 0.4) is 0 Å². The van der Waals surface area contributed by atoms with Gasteiger partial charge in [-0.2, -0.15) is 4.98 Å². The first-order valence-electron chi connectivity index (χ1n) is 8.50. The van der Waals surface area contributed by atoms with Crippen molar-refractivity contribution in [3.8, 4) is 11.4 Å². The van der Waals surface area contributed by atoms with Gasteiger partial charge in [0.15, 0.2) is 17.5 Å². The van der Waals surface area contributed by atoms with Gasteiger partial charge in [-0.05, 0) is 19.1 Å². The number of carbonyl (C=O) groups excluding carboxylic acids is 2. The van der Waals surface area contributed by atoms with E-state index in [1.54, 1.807) is 0 Å². The predicted molar refractivity (Wildman–Crippen MR) is 97.5 cm³/mol. The summed E-state index contributed by atoms with van der Waals surface area (Å²) in [4.78, 5) is 28.7. The van der Waals surface area contributed by atoms with Crippen LogP contribution in [0.4, 0.5) is 20.4 Å². The summed E-state index contributed by atoms with van der Waals surface area (Å²) in [5, 5.41) is 9.38. The van der Waals surface area contributed by atoms with Gasteiger partial charge >= 0.3 is 0 Å². The standard InChI is InChI=1S/C19H15F2N5O2/c1-10-2-4-11(5-3-10)17-23-19-24-18(28)15(26(19)25-17)9-16(27)22-12-6-7-13(20)14(21)8-12/h2-8,15H,9H2,1H3,(H,22,27)(H,23,24,25,28). The van der Waals surface area contributed by atoms with Crippen LogP contribution in [0.1, 0.15) is 18.0 Å². The van der Waals surface area contributed by atoms with E-state index in [9.17, 15) is 18.4 Å². The van der Waals surface area contributed by atoms with Crippen molar-refractivity contribution in [3.63, 3.8) is 0 Å². The van der Waals surface area contributed by atoms with Crippen molar-refractivity contribution in [2.75, 3.05) is 10.6 Å². The number of fused-ring (bicyclic) bond motifs is 1. The smallest absolute Gasteiger partial charge is 0.252 e. The number of halogens is 2. The first-order chi connectivity index (χ1) is 13.4. The molecule has 1 atom stereocenters. The fraction of sp³-hybridized carbons (Fsp3) is 0.158. The Hall–Kier alpha value is -3.62. The Morgan fingerprint density at radius 3 is 2.64 bits per heavy atom. The molecule has 4 rings (SSSR count). The summed E-state index contributed by atoms with van der Waals surface area (Å²) < 4.78 is 27.6. The van der Waals surface area contributed by atoms with Gasteiger partial charge in [0.25, 0.3) is 5.91 Å². The number of hydrogen-bond donors (Lipinski definition) is 2. The molecule has 142 valence electrons. The number of hydrogen-bond acceptors (Lipinski definition) is 4. The van der Waals surface area contributed by atoms with Gasteiger partial charge in [0.2, 0.25) is 11.9 Å². The highest BCUT2D eigenvalue weighted by molar-refractivity contribution is 6.01. The van der Waals surface area contributed by atoms with Gasteiger partial charge < -0.3 is 5.32 Å². The monoisotopic (exact) mass is 383 g/mol. The fourth-order valence-corrected chi connectivity index (χ4v) is 2.90. The maximum atomic E-state index is 13.3. The first-order valence-corrected chi connectivity index (χ1v) is 8.50. The molecule has 1 aliphatic rings. The largest absolute Gasteiger partial charge is 0.326 e. The quantitative estimate of drug-likeness (QED) is 0.725. The molecule has 1 unspecified atom stereocenters. The van der Waals surface area contributed by atoms with Crippen molar-refractivity contribution in [2.24, 2.45) is 0 Å². The summed E-state index contributed by atoms with van der Waals surface area (Å²) in [6.45, 7) is 1.96. The van der Waals surface area contributed by atoms with Crippen LogP contribution in [0.5, 0.6) is 0 Å². The van der Waals surface area contributed by atoms with Crippen molar-refractivity contribution in [1.82, 2.24) is 14.8 Å². The Bertz CT molecular complexity index is 1080. The van der Waals surface area contributed by atoms with E-state index >= 15 is 0 Å². The van der Waals surface area contributed by atoms with E-state index in [1.807, 2.05) is 31.2 Å². The van der Waals surface area contributed by atoms with Crippen molar-refractivity contribution < 1.29 is 18.4 Å². The van der Waals surface area contributed by atoms with Gasteiger partial charge in [0.1, 0.15) is 6.04 Å². The van der Waals surface area contributed by atoms with Gasteiger partial charge in [-0.15, -0.1) is 5.10 Å². The van der Waals surface area contributed by atoms with Gasteiger partial charge in [-0.25, -0.2) is 13.5 Å². The minimum atomic E-state index is -1.07. The normalized spacial score (nSPS) is 15.2. The summed E-state index contributed by atoms with van der Waals surface area (Å²) in [7, 11) is 0. The second-order valence-corrected chi connectivity index (χ2v) is 6.46. The van der Waals surface area contributed by atoms with E-state index in [4.69, 9.17) is 0 Å². The SMILES string of the molecule is Cc1ccc(-c2nc3n(n2)C(CC(=O)Nc2ccc(F)c(F)c2)C(=O)N3)cc1. The second-order valence-electron chi connectivity index (χ2n) is 6.46. The number of aryl methyl sites for hydroxylation is 1. The minimum Gasteiger partial charge on any atom is -0.326 e. The maximum Gasteiger partial charge on any atom is 0.252 e. The fourth-order valence-electron chi connectivity index (χ4n) is 2.90. The van der Waals surface area contributed by atoms with Gasteiger partial charge in [0, 0.05) is 17.3 Å². The Kier molecular flexibility index (Phi) is 4.34. The first kappa shape index (κ1) is 17.8. The molecule has 2 N–H and O–H groups in total. The number of nitrogens with one attached hydrogen (secondary N) is 2. The highest BCUT2D eigenvalue weighted by Crippen LogP contribution is 2.28. The molecule has 0 aliphatic carbocycles. The predicted octanol–water partition coefficient (Wildman–Crippen LogP) is 3.05. The number of amides is 2. The molecule has 2 heterocycles. The summed E-state index contributed by atoms with van der Waals surface area (Å²) in [6, 6.07) is 9.72. The topological polar surface area (TPSA) is 88.9 Å². The minimum absolute atomic E-state index is 0.0986. The molecule has 0 saturated carbocycles. The van der Waals surface area contributed by atoms with E-state index < -0.39 is 29.5 Å². The lowest BCUT2D eigenvalue weighted by Gasteiger charge is -2.10. The summed E-state index contributed by atoms with van der Waals surface area (Å²) in [5.41, 5.74) is 1.98. The molecule has 2 aromatic carbocycles. The molecule has 28 heavy (non-hydrogen) atoms. The third kappa shape index (κ3) is 3.34. The molecule has 0 radical (unpaired) electrons. The maximum absolute atomic E-state index is 13.3. The number of rotatable bonds is 4. The Morgan fingerprint density at radius 1 is 1.18 bits per heavy atom. The average Bonchev–Trinajstić information content (AvgIpc) is 3.18. The van der Waals surface area contributed by atoms with Crippen LogP contribution in [0, 0.1) is 18.6 Å². The Balaban J connectivity index is 1.51. The highest BCUT2D eigenvalue weighted by atomic mass is 19.2. The molecule has 9 heteroatoms. The van der Waals surface area contributed by atoms with E-state index in [2.05, 4.69) is 20.7 Å². The summed E-state index contributed by atoms with van der Waals surface area (Å²) in [5.74, 6) is -2.34. The van der Waals surface area contributed by atoms with Crippen molar-refractivity contribution >= 4 is 23.5 Å². The molecule has 7 nitrogen and oxygen atoms in total. The molecule has 2 amide bonds. The molecule has 1 aromatic heterocycles. The average molecular weight is 383 g/mol. The van der Waals surface area contributed by atoms with E-state index in [0.717, 1.165) is 23.3 Å². The molecule has 0 fully saturated rings. The molecule has 0 spiro atoms. The number of benzene rings is 2. The zero-order valence-electron chi connectivity index (χ0n) is 14.7. The molecular weight excluding hydrogens is 368 g/mol. The van der Waals surface area contributed by atoms with Crippen molar-refractivity contribution in [3.05, 3.63) is 59.7 Å². The second kappa shape index (κ2) is 6.84. The van der Waals surface area contributed by atoms with Crippen LogP contribution in [0.2, 0.25) is 0 Å². The van der Waals surface area contributed by atoms with Crippen molar-refractivity contribution in [1.29, 1.82) is 0 Å². The number of anilines is 2. The van der Waals surface area contributed by atoms with E-state index in [0.29, 0.717) is 5.82 Å². The van der Waals surface area contributed by atoms with E-state index in [-0.39, 0.29) is 18.1 Å². The molecule has 0 saturated heterocycles. The third-order valence-corrected chi connectivity index (χ3v) is 4.36. The van der Waals surface area contributed by atoms with Crippen LogP contribution >= 0.6 is 0 Å². The summed E-state index contributed by atoms with van der Waals surface area (Å²) >= 11 is 0. The number of carbonyl (C=O) groups is 2. The molecule has 3 aromatic rings. The van der Waals surface area contributed by atoms with Crippen molar-refractivity contribution in [2.45, 2.75) is 19.4 Å². The van der Waals surface area contributed by atoms with Gasteiger partial charge in [0.05, 0.1) is 6.42 Å². The zero-order chi connectivity index (χ0) is 19.8. The third-order valence-electron chi connectivity index (χ3n) is 4.36. The molecule has 1 aliphatic heterocycles. The number of nitrogens with zero attached hydrogens (tertiary/aromatic N) is 3. The zero-order valence-corrected chi connectivity index (χ0v) is 14.7. The lowest BCUT2D eigenvalue weighted by atomic mass is 10.1. The van der Waals surface area contributed by atoms with Crippen LogP contribution < -0.4 is 10.6 Å². The lowest BCUT2D eigenvalue weighted by molar-refractivity contribution is -0.123. The Morgan fingerprint density at radius 2 is 1.93 bits per heavy atom. The lowest BCUT2D eigenvalue weighted by Crippen LogP contribution is -2.23. The van der Waals surface area contributed by atoms with Gasteiger partial charge in [-0.1, -0.05) is 29.8 Å². The number of aromatic nitrogens is 3. The molecular formula is C19H15F2N5O2. The Labute approximate surface area is 158 Å². The molecule has 0 bridgehead atoms. The van der Waals surface area contributed by atoms with Crippen LogP contribution in [0.15, 0.2) is 42.5 Å².